The summed E-state index contributed by atoms with van der Waals surface area (Å²) in [6.45, 7) is 4.69. The molecule has 1 aliphatic rings. The van der Waals surface area contributed by atoms with Gasteiger partial charge in [0.1, 0.15) is 5.00 Å². The van der Waals surface area contributed by atoms with Crippen LogP contribution in [0.4, 0.5) is 5.00 Å². The average Bonchev–Trinajstić information content (AvgIpc) is 3.38. The highest BCUT2D eigenvalue weighted by molar-refractivity contribution is 7.99. The van der Waals surface area contributed by atoms with Gasteiger partial charge in [-0.1, -0.05) is 37.2 Å². The summed E-state index contributed by atoms with van der Waals surface area (Å²) in [5.74, 6) is -0.541. The van der Waals surface area contributed by atoms with E-state index in [0.29, 0.717) is 33.2 Å². The van der Waals surface area contributed by atoms with Gasteiger partial charge in [-0.15, -0.1) is 11.3 Å². The van der Waals surface area contributed by atoms with Crippen LogP contribution in [0.3, 0.4) is 0 Å². The first-order valence-electron chi connectivity index (χ1n) is 11.3. The summed E-state index contributed by atoms with van der Waals surface area (Å²) in [6, 6.07) is 7.26. The van der Waals surface area contributed by atoms with Crippen molar-refractivity contribution in [1.29, 1.82) is 0 Å². The van der Waals surface area contributed by atoms with Gasteiger partial charge >= 0.3 is 5.97 Å². The Labute approximate surface area is 200 Å². The summed E-state index contributed by atoms with van der Waals surface area (Å²) < 4.78 is 6.89. The Hall–Kier alpha value is -2.65. The van der Waals surface area contributed by atoms with Crippen LogP contribution in [0.2, 0.25) is 0 Å². The van der Waals surface area contributed by atoms with Crippen LogP contribution in [0.15, 0.2) is 34.2 Å². The fraction of sp³-hybridized carbons (Fsp3) is 0.417. The fourth-order valence-electron chi connectivity index (χ4n) is 3.98. The number of fused-ring (bicyclic) bond motifs is 2. The van der Waals surface area contributed by atoms with Crippen molar-refractivity contribution in [3.05, 3.63) is 50.6 Å². The Morgan fingerprint density at radius 2 is 2.06 bits per heavy atom. The highest BCUT2D eigenvalue weighted by Gasteiger charge is 2.28. The number of carbonyl (C=O) groups excluding carboxylic acids is 2. The summed E-state index contributed by atoms with van der Waals surface area (Å²) >= 11 is 2.70. The summed E-state index contributed by atoms with van der Waals surface area (Å²) in [5.41, 5.74) is 2.04. The number of nitrogens with one attached hydrogen (secondary N) is 1. The van der Waals surface area contributed by atoms with Crippen molar-refractivity contribution < 1.29 is 14.3 Å². The minimum atomic E-state index is -0.385. The van der Waals surface area contributed by atoms with Crippen molar-refractivity contribution in [3.63, 3.8) is 0 Å². The molecule has 4 rings (SSSR count). The average molecular weight is 486 g/mol. The monoisotopic (exact) mass is 485 g/mol. The molecule has 9 heteroatoms. The Morgan fingerprint density at radius 1 is 1.24 bits per heavy atom. The van der Waals surface area contributed by atoms with E-state index in [1.165, 1.54) is 23.1 Å². The number of thioether (sulfide) groups is 1. The lowest BCUT2D eigenvalue weighted by molar-refractivity contribution is -0.113. The molecule has 174 valence electrons. The number of aryl methyl sites for hydroxylation is 1. The van der Waals surface area contributed by atoms with Crippen molar-refractivity contribution in [3.8, 4) is 0 Å². The number of amides is 1. The smallest absolute Gasteiger partial charge is 0.341 e. The van der Waals surface area contributed by atoms with Gasteiger partial charge in [-0.05, 0) is 50.3 Å². The van der Waals surface area contributed by atoms with Crippen molar-refractivity contribution in [2.75, 3.05) is 17.7 Å². The van der Waals surface area contributed by atoms with Gasteiger partial charge in [-0.2, -0.15) is 0 Å². The van der Waals surface area contributed by atoms with E-state index >= 15 is 0 Å². The van der Waals surface area contributed by atoms with E-state index in [2.05, 4.69) is 17.2 Å². The van der Waals surface area contributed by atoms with E-state index in [-0.39, 0.29) is 29.8 Å². The predicted octanol–water partition coefficient (Wildman–Crippen LogP) is 4.65. The SMILES string of the molecule is CCCCn1c(SCC(=O)Nc2sc3c(c2C(=O)OCC)CCC3)nc2ccccc2c1=O. The number of unbranched alkanes of at least 4 members (excludes halogenated alkanes) is 1. The number of benzene rings is 1. The molecular weight excluding hydrogens is 458 g/mol. The molecule has 1 aromatic carbocycles. The molecule has 0 atom stereocenters. The summed E-state index contributed by atoms with van der Waals surface area (Å²) in [6.07, 6.45) is 4.56. The molecule has 1 aliphatic carbocycles. The zero-order valence-corrected chi connectivity index (χ0v) is 20.4. The van der Waals surface area contributed by atoms with Crippen LogP contribution in [0.1, 0.15) is 53.9 Å². The molecule has 3 aromatic rings. The number of para-hydroxylation sites is 1. The summed E-state index contributed by atoms with van der Waals surface area (Å²) in [4.78, 5) is 44.2. The van der Waals surface area contributed by atoms with Crippen LogP contribution in [-0.4, -0.2) is 33.8 Å². The highest BCUT2D eigenvalue weighted by Crippen LogP contribution is 2.39. The standard InChI is InChI=1S/C24H27N3O4S2/c1-3-5-13-27-22(29)15-9-6-7-11-17(15)25-24(27)32-14-19(28)26-21-20(23(30)31-4-2)16-10-8-12-18(16)33-21/h6-7,9,11H,3-5,8,10,12-14H2,1-2H3,(H,26,28). The van der Waals surface area contributed by atoms with Gasteiger partial charge in [-0.25, -0.2) is 9.78 Å². The predicted molar refractivity (Wildman–Crippen MR) is 133 cm³/mol. The third-order valence-electron chi connectivity index (χ3n) is 5.55. The van der Waals surface area contributed by atoms with Crippen LogP contribution in [-0.2, 0) is 28.9 Å². The fourth-order valence-corrected chi connectivity index (χ4v) is 6.09. The molecule has 1 amide bonds. The van der Waals surface area contributed by atoms with Crippen LogP contribution in [0, 0.1) is 0 Å². The van der Waals surface area contributed by atoms with E-state index in [9.17, 15) is 14.4 Å². The molecular formula is C24H27N3O4S2. The molecule has 0 spiro atoms. The molecule has 0 unspecified atom stereocenters. The number of carbonyl (C=O) groups is 2. The number of rotatable bonds is 9. The minimum Gasteiger partial charge on any atom is -0.462 e. The summed E-state index contributed by atoms with van der Waals surface area (Å²) in [7, 11) is 0. The summed E-state index contributed by atoms with van der Waals surface area (Å²) in [5, 5.41) is 4.57. The number of anilines is 1. The van der Waals surface area contributed by atoms with Gasteiger partial charge in [-0.3, -0.25) is 14.2 Å². The van der Waals surface area contributed by atoms with Crippen molar-refractivity contribution in [2.45, 2.75) is 57.7 Å². The van der Waals surface area contributed by atoms with Crippen LogP contribution in [0.5, 0.6) is 0 Å². The normalized spacial score (nSPS) is 12.7. The topological polar surface area (TPSA) is 90.3 Å². The first-order valence-corrected chi connectivity index (χ1v) is 13.1. The second kappa shape index (κ2) is 10.5. The van der Waals surface area contributed by atoms with Gasteiger partial charge in [0.2, 0.25) is 5.91 Å². The molecule has 2 aromatic heterocycles. The maximum atomic E-state index is 13.0. The highest BCUT2D eigenvalue weighted by atomic mass is 32.2. The van der Waals surface area contributed by atoms with Crippen molar-refractivity contribution in [1.82, 2.24) is 9.55 Å². The van der Waals surface area contributed by atoms with Crippen molar-refractivity contribution >= 4 is 50.9 Å². The molecule has 1 N–H and O–H groups in total. The molecule has 0 aliphatic heterocycles. The third kappa shape index (κ3) is 4.99. The Balaban J connectivity index is 1.54. The zero-order chi connectivity index (χ0) is 23.4. The van der Waals surface area contributed by atoms with Crippen molar-refractivity contribution in [2.24, 2.45) is 0 Å². The quantitative estimate of drug-likeness (QED) is 0.269. The molecule has 2 heterocycles. The van der Waals surface area contributed by atoms with Crippen LogP contribution < -0.4 is 10.9 Å². The minimum absolute atomic E-state index is 0.0851. The molecule has 0 radical (unpaired) electrons. The lowest BCUT2D eigenvalue weighted by atomic mass is 10.1. The molecule has 0 saturated heterocycles. The van der Waals surface area contributed by atoms with Crippen LogP contribution >= 0.6 is 23.1 Å². The second-order valence-electron chi connectivity index (χ2n) is 7.84. The Morgan fingerprint density at radius 3 is 2.85 bits per heavy atom. The maximum absolute atomic E-state index is 13.0. The third-order valence-corrected chi connectivity index (χ3v) is 7.73. The number of hydrogen-bond acceptors (Lipinski definition) is 7. The number of hydrogen-bond donors (Lipinski definition) is 1. The van der Waals surface area contributed by atoms with Gasteiger partial charge in [0.25, 0.3) is 5.56 Å². The molecule has 7 nitrogen and oxygen atoms in total. The molecule has 0 fully saturated rings. The largest absolute Gasteiger partial charge is 0.462 e. The maximum Gasteiger partial charge on any atom is 0.341 e. The van der Waals surface area contributed by atoms with Gasteiger partial charge in [0.15, 0.2) is 5.16 Å². The lowest BCUT2D eigenvalue weighted by Gasteiger charge is -2.13. The second-order valence-corrected chi connectivity index (χ2v) is 9.89. The first kappa shape index (κ1) is 23.5. The van der Waals surface area contributed by atoms with E-state index < -0.39 is 0 Å². The van der Waals surface area contributed by atoms with Gasteiger partial charge in [0.05, 0.1) is 28.8 Å². The number of aromatic nitrogens is 2. The van der Waals surface area contributed by atoms with Gasteiger partial charge in [0, 0.05) is 11.4 Å². The van der Waals surface area contributed by atoms with E-state index in [0.717, 1.165) is 42.5 Å². The van der Waals surface area contributed by atoms with Gasteiger partial charge < -0.3 is 10.1 Å². The lowest BCUT2D eigenvalue weighted by Crippen LogP contribution is -2.24. The number of nitrogens with zero attached hydrogens (tertiary/aromatic N) is 2. The zero-order valence-electron chi connectivity index (χ0n) is 18.8. The number of ether oxygens (including phenoxy) is 1. The molecule has 33 heavy (non-hydrogen) atoms. The molecule has 0 bridgehead atoms. The number of esters is 1. The van der Waals surface area contributed by atoms with E-state index in [1.807, 2.05) is 18.2 Å². The number of thiophene rings is 1. The Bertz CT molecular complexity index is 1250. The van der Waals surface area contributed by atoms with E-state index in [4.69, 9.17) is 4.74 Å². The Kier molecular flexibility index (Phi) is 7.49. The first-order chi connectivity index (χ1) is 16.0. The van der Waals surface area contributed by atoms with Crippen LogP contribution in [0.25, 0.3) is 10.9 Å². The molecule has 0 saturated carbocycles. The van der Waals surface area contributed by atoms with E-state index in [1.54, 1.807) is 17.6 Å².